The van der Waals surface area contributed by atoms with Crippen molar-refractivity contribution in [2.24, 2.45) is 0 Å². The molecule has 0 aromatic heterocycles. The third-order valence-electron chi connectivity index (χ3n) is 11.4. The van der Waals surface area contributed by atoms with Crippen molar-refractivity contribution >= 4 is 172 Å². The molecule has 0 saturated carbocycles. The highest BCUT2D eigenvalue weighted by Crippen LogP contribution is 2.50. The van der Waals surface area contributed by atoms with Gasteiger partial charge in [-0.1, -0.05) is 145 Å². The molecule has 0 unspecified atom stereocenters. The van der Waals surface area contributed by atoms with Crippen molar-refractivity contribution in [3.8, 4) is 66.8 Å². The van der Waals surface area contributed by atoms with E-state index in [1.165, 1.54) is 0 Å². The fourth-order valence-electron chi connectivity index (χ4n) is 8.81. The summed E-state index contributed by atoms with van der Waals surface area (Å²) in [5, 5.41) is 11.1. The second-order valence-electron chi connectivity index (χ2n) is 15.7. The van der Waals surface area contributed by atoms with Gasteiger partial charge in [-0.3, -0.25) is 0 Å². The maximum atomic E-state index is 7.09. The Bertz CT molecular complexity index is 3500. The van der Waals surface area contributed by atoms with Crippen LogP contribution in [0.3, 0.4) is 0 Å². The van der Waals surface area contributed by atoms with Crippen LogP contribution in [0.5, 0.6) is 0 Å². The highest BCUT2D eigenvalue weighted by Gasteiger charge is 2.23. The summed E-state index contributed by atoms with van der Waals surface area (Å²) in [6.45, 7) is 0. The van der Waals surface area contributed by atoms with Crippen LogP contribution in [0.15, 0.2) is 146 Å². The van der Waals surface area contributed by atoms with Crippen LogP contribution < -0.4 is 0 Å². The van der Waals surface area contributed by atoms with Crippen molar-refractivity contribution in [2.45, 2.75) is 0 Å². The number of rotatable bonds is 6. The first-order chi connectivity index (χ1) is 31.5. The molecule has 0 nitrogen and oxygen atoms in total. The van der Waals surface area contributed by atoms with Gasteiger partial charge in [-0.15, -0.1) is 0 Å². The molecule has 0 spiro atoms. The van der Waals surface area contributed by atoms with E-state index in [2.05, 4.69) is 36.4 Å². The SMILES string of the molecule is Clc1cc(Cl)cc(-c2cc3c4cc(-c5cc(Cl)cc(Cl)c5)c(-c5cc(Cl)cc(Cl)c5)cc4c4cc(-c5ccc(Cl)cc5Cl)c(-c5cc(Cl)cc(Cl)c5)cc4c3cc2-c2cc(Cl)cc(Cl)c2)c1. The lowest BCUT2D eigenvalue weighted by molar-refractivity contribution is 1.59. The first-order valence-electron chi connectivity index (χ1n) is 19.9. The van der Waals surface area contributed by atoms with Crippen molar-refractivity contribution in [1.82, 2.24) is 0 Å². The number of hydrogen-bond acceptors (Lipinski definition) is 0. The molecule has 0 aliphatic rings. The Balaban J connectivity index is 1.46. The van der Waals surface area contributed by atoms with Gasteiger partial charge in [-0.05, 0) is 233 Å². The summed E-state index contributed by atoms with van der Waals surface area (Å²) in [4.78, 5) is 0. The molecule has 0 atom stereocenters. The minimum Gasteiger partial charge on any atom is -0.0843 e. The van der Waals surface area contributed by atoms with E-state index < -0.39 is 0 Å². The third-order valence-corrected chi connectivity index (χ3v) is 14.2. The number of fused-ring (bicyclic) bond motifs is 6. The minimum absolute atomic E-state index is 0.459. The molecule has 0 amide bonds. The fraction of sp³-hybridized carbons (Fsp3) is 0. The Labute approximate surface area is 439 Å². The van der Waals surface area contributed by atoms with Crippen LogP contribution in [-0.4, -0.2) is 0 Å². The normalized spacial score (nSPS) is 11.6. The molecular weight excluding hydrogens is 1070 g/mol. The van der Waals surface area contributed by atoms with Crippen LogP contribution in [0.1, 0.15) is 0 Å². The van der Waals surface area contributed by atoms with Crippen LogP contribution in [0.4, 0.5) is 0 Å². The van der Waals surface area contributed by atoms with Crippen LogP contribution in [0.25, 0.3) is 99.1 Å². The van der Waals surface area contributed by atoms with E-state index in [1.807, 2.05) is 72.8 Å². The van der Waals surface area contributed by atoms with Gasteiger partial charge in [0, 0.05) is 65.8 Å². The quantitative estimate of drug-likeness (QED) is 0.146. The molecule has 324 valence electrons. The van der Waals surface area contributed by atoms with Crippen molar-refractivity contribution in [3.63, 3.8) is 0 Å². The molecule has 0 aliphatic heterocycles. The summed E-state index contributed by atoms with van der Waals surface area (Å²) >= 11 is 80.9. The van der Waals surface area contributed by atoms with Crippen molar-refractivity contribution in [1.29, 1.82) is 0 Å². The zero-order valence-electron chi connectivity index (χ0n) is 33.4. The van der Waals surface area contributed by atoms with Crippen LogP contribution in [0.2, 0.25) is 60.3 Å². The van der Waals surface area contributed by atoms with E-state index >= 15 is 0 Å². The van der Waals surface area contributed by atoms with Gasteiger partial charge in [-0.25, -0.2) is 0 Å². The van der Waals surface area contributed by atoms with Gasteiger partial charge in [-0.2, -0.15) is 0 Å². The first kappa shape index (κ1) is 46.2. The molecule has 0 saturated heterocycles. The van der Waals surface area contributed by atoms with Gasteiger partial charge in [0.05, 0.1) is 0 Å². The molecule has 0 heterocycles. The lowest BCUT2D eigenvalue weighted by Crippen LogP contribution is -1.95. The second-order valence-corrected chi connectivity index (χ2v) is 21.0. The predicted octanol–water partition coefficient (Wildman–Crippen LogP) is 23.0. The number of hydrogen-bond donors (Lipinski definition) is 0. The molecule has 10 aromatic carbocycles. The molecule has 0 N–H and O–H groups in total. The molecule has 0 fully saturated rings. The van der Waals surface area contributed by atoms with Crippen molar-refractivity contribution in [2.75, 3.05) is 0 Å². The lowest BCUT2D eigenvalue weighted by Gasteiger charge is -2.21. The van der Waals surface area contributed by atoms with Crippen LogP contribution in [-0.2, 0) is 0 Å². The van der Waals surface area contributed by atoms with Gasteiger partial charge in [0.2, 0.25) is 0 Å². The van der Waals surface area contributed by atoms with Gasteiger partial charge in [0.15, 0.2) is 0 Å². The Morgan fingerprint density at radius 1 is 0.167 bits per heavy atom. The topological polar surface area (TPSA) is 0 Å². The number of halogens is 12. The van der Waals surface area contributed by atoms with Crippen LogP contribution >= 0.6 is 139 Å². The second kappa shape index (κ2) is 18.4. The standard InChI is InChI=1S/C54H24Cl12/c55-30-1-2-41(54(66)18-30)47-24-53-51-22-45(28-9-37(62)16-38(63)10-28)43(26-5-33(58)14-34(59)6-26)20-49(51)48-19-42(25-3-31(56)13-32(57)4-25)44(27-7-35(60)15-36(61)8-27)21-50(48)52(53)23-46(47)29-11-39(64)17-40(65)12-29/h1-24H. The summed E-state index contributed by atoms with van der Waals surface area (Å²) in [5.41, 5.74) is 9.59. The lowest BCUT2D eigenvalue weighted by atomic mass is 9.82. The molecule has 10 rings (SSSR count). The molecule has 0 bridgehead atoms. The minimum atomic E-state index is 0.459. The van der Waals surface area contributed by atoms with Crippen molar-refractivity contribution in [3.05, 3.63) is 206 Å². The summed E-state index contributed by atoms with van der Waals surface area (Å²) in [7, 11) is 0. The third kappa shape index (κ3) is 9.08. The van der Waals surface area contributed by atoms with E-state index in [9.17, 15) is 0 Å². The molecule has 0 radical (unpaired) electrons. The Kier molecular flexibility index (Phi) is 12.9. The predicted molar refractivity (Wildman–Crippen MR) is 292 cm³/mol. The zero-order valence-corrected chi connectivity index (χ0v) is 42.5. The van der Waals surface area contributed by atoms with Crippen molar-refractivity contribution < 1.29 is 0 Å². The highest BCUT2D eigenvalue weighted by molar-refractivity contribution is 6.40. The summed E-state index contributed by atoms with van der Waals surface area (Å²) in [6, 6.07) is 45.8. The molecule has 12 heteroatoms. The van der Waals surface area contributed by atoms with E-state index in [4.69, 9.17) is 139 Å². The van der Waals surface area contributed by atoms with Gasteiger partial charge >= 0.3 is 0 Å². The van der Waals surface area contributed by atoms with E-state index in [0.717, 1.165) is 99.1 Å². The summed E-state index contributed by atoms with van der Waals surface area (Å²) in [6.07, 6.45) is 0. The van der Waals surface area contributed by atoms with E-state index in [0.29, 0.717) is 60.3 Å². The van der Waals surface area contributed by atoms with Gasteiger partial charge in [0.1, 0.15) is 0 Å². The number of benzene rings is 10. The van der Waals surface area contributed by atoms with Gasteiger partial charge < -0.3 is 0 Å². The molecule has 10 aromatic rings. The summed E-state index contributed by atoms with van der Waals surface area (Å²) < 4.78 is 0. The average Bonchev–Trinajstić information content (AvgIpc) is 3.23. The molecular formula is C54H24Cl12. The van der Waals surface area contributed by atoms with Crippen LogP contribution in [0, 0.1) is 0 Å². The Morgan fingerprint density at radius 3 is 0.606 bits per heavy atom. The molecule has 66 heavy (non-hydrogen) atoms. The van der Waals surface area contributed by atoms with E-state index in [-0.39, 0.29) is 0 Å². The van der Waals surface area contributed by atoms with Gasteiger partial charge in [0.25, 0.3) is 0 Å². The fourth-order valence-corrected chi connectivity index (χ4v) is 11.9. The van der Waals surface area contributed by atoms with E-state index in [1.54, 1.807) is 36.4 Å². The Hall–Kier alpha value is -3.54. The average molecular weight is 1100 g/mol. The largest absolute Gasteiger partial charge is 0.0843 e. The zero-order chi connectivity index (χ0) is 46.3. The smallest absolute Gasteiger partial charge is 0.0499 e. The first-order valence-corrected chi connectivity index (χ1v) is 24.4. The summed E-state index contributed by atoms with van der Waals surface area (Å²) in [5.74, 6) is 0. The monoisotopic (exact) mass is 1090 g/mol. The Morgan fingerprint density at radius 2 is 0.379 bits per heavy atom. The highest BCUT2D eigenvalue weighted by atomic mass is 35.5. The molecule has 0 aliphatic carbocycles. The maximum Gasteiger partial charge on any atom is 0.0499 e. The maximum absolute atomic E-state index is 7.09.